The van der Waals surface area contributed by atoms with Crippen molar-refractivity contribution in [2.75, 3.05) is 24.6 Å². The number of likely N-dealkylation sites (tertiary alicyclic amines) is 1. The molecule has 4 rings (SSSR count). The number of rotatable bonds is 4. The van der Waals surface area contributed by atoms with E-state index in [0.717, 1.165) is 29.6 Å². The molecule has 3 heterocycles. The van der Waals surface area contributed by atoms with Crippen LogP contribution in [-0.4, -0.2) is 23.0 Å². The van der Waals surface area contributed by atoms with Crippen LogP contribution < -0.4 is 11.5 Å². The lowest BCUT2D eigenvalue weighted by atomic mass is 10.1. The maximum Gasteiger partial charge on any atom is 0.0777 e. The Morgan fingerprint density at radius 1 is 0.958 bits per heavy atom. The van der Waals surface area contributed by atoms with Crippen molar-refractivity contribution in [2.45, 2.75) is 25.8 Å². The normalized spacial score (nSPS) is 15.3. The second-order valence-corrected chi connectivity index (χ2v) is 7.68. The smallest absolute Gasteiger partial charge is 0.0777 e. The van der Waals surface area contributed by atoms with E-state index in [9.17, 15) is 0 Å². The Bertz CT molecular complexity index is 865. The Labute approximate surface area is 146 Å². The summed E-state index contributed by atoms with van der Waals surface area (Å²) in [6.45, 7) is 3.51. The van der Waals surface area contributed by atoms with Crippen LogP contribution in [0.2, 0.25) is 0 Å². The second kappa shape index (κ2) is 6.42. The summed E-state index contributed by atoms with van der Waals surface area (Å²) in [6.07, 6.45) is 3.40. The molecule has 0 bridgehead atoms. The lowest BCUT2D eigenvalue weighted by Crippen LogP contribution is -2.17. The van der Waals surface area contributed by atoms with Crippen LogP contribution >= 0.6 is 11.3 Å². The van der Waals surface area contributed by atoms with Gasteiger partial charge in [0.05, 0.1) is 22.6 Å². The molecule has 2 aromatic heterocycles. The fourth-order valence-corrected chi connectivity index (χ4v) is 4.43. The number of pyridine rings is 1. The van der Waals surface area contributed by atoms with E-state index in [1.165, 1.54) is 35.7 Å². The minimum atomic E-state index is 0.614. The molecule has 3 aromatic rings. The second-order valence-electron chi connectivity index (χ2n) is 6.43. The van der Waals surface area contributed by atoms with Crippen LogP contribution in [-0.2, 0) is 13.0 Å². The van der Waals surface area contributed by atoms with Gasteiger partial charge in [0, 0.05) is 28.1 Å². The summed E-state index contributed by atoms with van der Waals surface area (Å²) >= 11 is 1.86. The largest absolute Gasteiger partial charge is 0.396 e. The van der Waals surface area contributed by atoms with Crippen LogP contribution in [0.25, 0.3) is 10.9 Å². The van der Waals surface area contributed by atoms with Crippen molar-refractivity contribution in [3.05, 3.63) is 51.8 Å². The summed E-state index contributed by atoms with van der Waals surface area (Å²) in [6, 6.07) is 12.3. The van der Waals surface area contributed by atoms with Gasteiger partial charge < -0.3 is 11.5 Å². The predicted molar refractivity (Wildman–Crippen MR) is 102 cm³/mol. The molecule has 0 saturated carbocycles. The van der Waals surface area contributed by atoms with Crippen LogP contribution in [0, 0.1) is 0 Å². The number of anilines is 2. The first kappa shape index (κ1) is 15.4. The topological polar surface area (TPSA) is 68.2 Å². The summed E-state index contributed by atoms with van der Waals surface area (Å²) in [5.41, 5.74) is 15.5. The molecule has 0 aliphatic carbocycles. The molecule has 124 valence electrons. The van der Waals surface area contributed by atoms with Gasteiger partial charge in [-0.1, -0.05) is 18.2 Å². The molecule has 1 aliphatic heterocycles. The number of thiophene rings is 1. The van der Waals surface area contributed by atoms with E-state index in [4.69, 9.17) is 16.5 Å². The molecular weight excluding hydrogens is 316 g/mol. The maximum absolute atomic E-state index is 6.24. The quantitative estimate of drug-likeness (QED) is 0.762. The standard InChI is InChI=1S/C19H22N4S/c20-18-15-5-1-2-6-16(15)22-17(19(18)21)11-13-7-8-14(24-13)12-23-9-3-4-10-23/h1-2,5-8H,3-4,9-12,21H2,(H2,20,22). The number of benzene rings is 1. The van der Waals surface area contributed by atoms with E-state index in [1.54, 1.807) is 0 Å². The number of para-hydroxylation sites is 1. The van der Waals surface area contributed by atoms with Crippen LogP contribution in [0.4, 0.5) is 11.4 Å². The number of aromatic nitrogens is 1. The summed E-state index contributed by atoms with van der Waals surface area (Å²) < 4.78 is 0. The molecule has 4 N–H and O–H groups in total. The van der Waals surface area contributed by atoms with E-state index in [0.29, 0.717) is 11.4 Å². The van der Waals surface area contributed by atoms with E-state index in [1.807, 2.05) is 35.6 Å². The van der Waals surface area contributed by atoms with Gasteiger partial charge in [-0.2, -0.15) is 0 Å². The highest BCUT2D eigenvalue weighted by molar-refractivity contribution is 7.12. The zero-order valence-electron chi connectivity index (χ0n) is 13.7. The molecule has 24 heavy (non-hydrogen) atoms. The number of hydrogen-bond donors (Lipinski definition) is 2. The molecule has 0 atom stereocenters. The summed E-state index contributed by atoms with van der Waals surface area (Å²) in [4.78, 5) is 9.96. The number of fused-ring (bicyclic) bond motifs is 1. The third-order valence-electron chi connectivity index (χ3n) is 4.69. The summed E-state index contributed by atoms with van der Waals surface area (Å²) in [7, 11) is 0. The van der Waals surface area contributed by atoms with Crippen LogP contribution in [0.3, 0.4) is 0 Å². The van der Waals surface area contributed by atoms with Gasteiger partial charge in [-0.15, -0.1) is 11.3 Å². The predicted octanol–water partition coefficient (Wildman–Crippen LogP) is 3.65. The minimum absolute atomic E-state index is 0.614. The molecule has 0 amide bonds. The lowest BCUT2D eigenvalue weighted by Gasteiger charge is -2.12. The fraction of sp³-hybridized carbons (Fsp3) is 0.316. The van der Waals surface area contributed by atoms with Gasteiger partial charge in [0.1, 0.15) is 0 Å². The zero-order chi connectivity index (χ0) is 16.5. The van der Waals surface area contributed by atoms with E-state index in [2.05, 4.69) is 17.0 Å². The highest BCUT2D eigenvalue weighted by Crippen LogP contribution is 2.30. The molecule has 0 radical (unpaired) electrons. The fourth-order valence-electron chi connectivity index (χ4n) is 3.37. The van der Waals surface area contributed by atoms with Crippen molar-refractivity contribution in [3.63, 3.8) is 0 Å². The summed E-state index contributed by atoms with van der Waals surface area (Å²) in [5.74, 6) is 0. The van der Waals surface area contributed by atoms with Crippen LogP contribution in [0.5, 0.6) is 0 Å². The highest BCUT2D eigenvalue weighted by Gasteiger charge is 2.14. The van der Waals surface area contributed by atoms with Crippen molar-refractivity contribution in [1.82, 2.24) is 9.88 Å². The molecule has 4 nitrogen and oxygen atoms in total. The highest BCUT2D eigenvalue weighted by atomic mass is 32.1. The van der Waals surface area contributed by atoms with Gasteiger partial charge in [-0.25, -0.2) is 0 Å². The monoisotopic (exact) mass is 338 g/mol. The first-order valence-corrected chi connectivity index (χ1v) is 9.25. The maximum atomic E-state index is 6.24. The average molecular weight is 338 g/mol. The SMILES string of the molecule is Nc1c(Cc2ccc(CN3CCCC3)s2)nc2ccccc2c1N. The van der Waals surface area contributed by atoms with Crippen molar-refractivity contribution < 1.29 is 0 Å². The summed E-state index contributed by atoms with van der Waals surface area (Å²) in [5, 5.41) is 0.930. The Balaban J connectivity index is 1.58. The molecule has 0 spiro atoms. The number of nitrogen functional groups attached to an aromatic ring is 2. The van der Waals surface area contributed by atoms with Gasteiger partial charge in [0.25, 0.3) is 0 Å². The number of hydrogen-bond acceptors (Lipinski definition) is 5. The van der Waals surface area contributed by atoms with E-state index < -0.39 is 0 Å². The van der Waals surface area contributed by atoms with Crippen molar-refractivity contribution in [1.29, 1.82) is 0 Å². The molecule has 5 heteroatoms. The van der Waals surface area contributed by atoms with Gasteiger partial charge >= 0.3 is 0 Å². The van der Waals surface area contributed by atoms with Gasteiger partial charge in [0.15, 0.2) is 0 Å². The average Bonchev–Trinajstić information content (AvgIpc) is 3.25. The first-order valence-electron chi connectivity index (χ1n) is 8.43. The van der Waals surface area contributed by atoms with Crippen LogP contribution in [0.1, 0.15) is 28.3 Å². The Morgan fingerprint density at radius 2 is 1.71 bits per heavy atom. The van der Waals surface area contributed by atoms with Gasteiger partial charge in [0.2, 0.25) is 0 Å². The number of nitrogens with zero attached hydrogens (tertiary/aromatic N) is 2. The Hall–Kier alpha value is -2.11. The Morgan fingerprint density at radius 3 is 2.54 bits per heavy atom. The number of nitrogens with two attached hydrogens (primary N) is 2. The Kier molecular flexibility index (Phi) is 4.12. The molecule has 0 unspecified atom stereocenters. The lowest BCUT2D eigenvalue weighted by molar-refractivity contribution is 0.334. The zero-order valence-corrected chi connectivity index (χ0v) is 14.5. The van der Waals surface area contributed by atoms with Crippen molar-refractivity contribution in [3.8, 4) is 0 Å². The first-order chi connectivity index (χ1) is 11.7. The van der Waals surface area contributed by atoms with Gasteiger partial charge in [-0.05, 0) is 44.1 Å². The third kappa shape index (κ3) is 2.97. The van der Waals surface area contributed by atoms with Gasteiger partial charge in [-0.3, -0.25) is 9.88 Å². The van der Waals surface area contributed by atoms with E-state index in [-0.39, 0.29) is 0 Å². The molecule has 1 fully saturated rings. The molecule has 1 saturated heterocycles. The van der Waals surface area contributed by atoms with E-state index >= 15 is 0 Å². The third-order valence-corrected chi connectivity index (χ3v) is 5.76. The van der Waals surface area contributed by atoms with Crippen molar-refractivity contribution in [2.24, 2.45) is 0 Å². The molecule has 1 aliphatic rings. The molecular formula is C19H22N4S. The minimum Gasteiger partial charge on any atom is -0.396 e. The van der Waals surface area contributed by atoms with Crippen molar-refractivity contribution >= 4 is 33.6 Å². The molecule has 1 aromatic carbocycles. The van der Waals surface area contributed by atoms with Crippen LogP contribution in [0.15, 0.2) is 36.4 Å².